The minimum absolute atomic E-state index is 0.220. The highest BCUT2D eigenvalue weighted by Gasteiger charge is 2.28. The van der Waals surface area contributed by atoms with Crippen LogP contribution >= 0.6 is 0 Å². The predicted molar refractivity (Wildman–Crippen MR) is 61.2 cm³/mol. The zero-order valence-corrected chi connectivity index (χ0v) is 9.55. The van der Waals surface area contributed by atoms with Gasteiger partial charge in [-0.25, -0.2) is 4.98 Å². The number of nitriles is 1. The Balaban J connectivity index is 2.20. The molecule has 4 heteroatoms. The van der Waals surface area contributed by atoms with E-state index in [-0.39, 0.29) is 6.10 Å². The third kappa shape index (κ3) is 2.00. The summed E-state index contributed by atoms with van der Waals surface area (Å²) in [7, 11) is 2.00. The van der Waals surface area contributed by atoms with Gasteiger partial charge in [0.25, 0.3) is 0 Å². The molecule has 2 atom stereocenters. The maximum Gasteiger partial charge on any atom is 0.129 e. The van der Waals surface area contributed by atoms with Crippen molar-refractivity contribution in [1.82, 2.24) is 4.98 Å². The smallest absolute Gasteiger partial charge is 0.129 e. The Kier molecular flexibility index (Phi) is 3.07. The first-order valence-corrected chi connectivity index (χ1v) is 5.43. The van der Waals surface area contributed by atoms with Gasteiger partial charge in [0.1, 0.15) is 5.82 Å². The first kappa shape index (κ1) is 10.9. The molecule has 1 aliphatic rings. The fourth-order valence-electron chi connectivity index (χ4n) is 2.08. The Morgan fingerprint density at radius 1 is 1.62 bits per heavy atom. The summed E-state index contributed by atoms with van der Waals surface area (Å²) in [5.41, 5.74) is 0.642. The standard InChI is InChI=1S/C12H15N3O/c1-9-11(4-6-16-9)15(2)12-7-10(8-13)3-5-14-12/h3,5,7,9,11H,4,6H2,1-2H3. The molecule has 0 N–H and O–H groups in total. The average molecular weight is 217 g/mol. The van der Waals surface area contributed by atoms with Gasteiger partial charge in [-0.2, -0.15) is 5.26 Å². The summed E-state index contributed by atoms with van der Waals surface area (Å²) in [6.45, 7) is 2.87. The first-order chi connectivity index (χ1) is 7.72. The van der Waals surface area contributed by atoms with E-state index in [4.69, 9.17) is 10.00 Å². The zero-order valence-electron chi connectivity index (χ0n) is 9.55. The summed E-state index contributed by atoms with van der Waals surface area (Å²) < 4.78 is 5.53. The summed E-state index contributed by atoms with van der Waals surface area (Å²) in [6, 6.07) is 6.00. The number of aromatic nitrogens is 1. The largest absolute Gasteiger partial charge is 0.376 e. The summed E-state index contributed by atoms with van der Waals surface area (Å²) in [6.07, 6.45) is 2.90. The van der Waals surface area contributed by atoms with Crippen molar-refractivity contribution in [2.45, 2.75) is 25.5 Å². The molecule has 2 unspecified atom stereocenters. The second-order valence-corrected chi connectivity index (χ2v) is 4.06. The van der Waals surface area contributed by atoms with Gasteiger partial charge in [-0.3, -0.25) is 0 Å². The fraction of sp³-hybridized carbons (Fsp3) is 0.500. The van der Waals surface area contributed by atoms with Crippen LogP contribution in [0.15, 0.2) is 18.3 Å². The lowest BCUT2D eigenvalue weighted by Crippen LogP contribution is -2.37. The molecule has 1 aliphatic heterocycles. The second-order valence-electron chi connectivity index (χ2n) is 4.06. The Morgan fingerprint density at radius 2 is 2.44 bits per heavy atom. The van der Waals surface area contributed by atoms with Crippen LogP contribution in [0.25, 0.3) is 0 Å². The van der Waals surface area contributed by atoms with Crippen LogP contribution in [0, 0.1) is 11.3 Å². The number of ether oxygens (including phenoxy) is 1. The van der Waals surface area contributed by atoms with E-state index in [0.717, 1.165) is 18.8 Å². The van der Waals surface area contributed by atoms with Crippen molar-refractivity contribution in [1.29, 1.82) is 5.26 Å². The molecular formula is C12H15N3O. The van der Waals surface area contributed by atoms with Gasteiger partial charge in [-0.15, -0.1) is 0 Å². The van der Waals surface area contributed by atoms with Crippen molar-refractivity contribution >= 4 is 5.82 Å². The van der Waals surface area contributed by atoms with E-state index in [9.17, 15) is 0 Å². The van der Waals surface area contributed by atoms with Crippen molar-refractivity contribution in [2.75, 3.05) is 18.6 Å². The van der Waals surface area contributed by atoms with E-state index in [2.05, 4.69) is 22.9 Å². The molecule has 0 amide bonds. The van der Waals surface area contributed by atoms with Crippen molar-refractivity contribution in [3.8, 4) is 6.07 Å². The number of nitrogens with zero attached hydrogens (tertiary/aromatic N) is 3. The SMILES string of the molecule is CC1OCCC1N(C)c1cc(C#N)ccn1. The highest BCUT2D eigenvalue weighted by Crippen LogP contribution is 2.22. The number of rotatable bonds is 2. The van der Waals surface area contributed by atoms with E-state index in [0.29, 0.717) is 11.6 Å². The van der Waals surface area contributed by atoms with Crippen LogP contribution in [0.1, 0.15) is 18.9 Å². The lowest BCUT2D eigenvalue weighted by Gasteiger charge is -2.27. The third-order valence-electron chi connectivity index (χ3n) is 3.07. The van der Waals surface area contributed by atoms with Crippen LogP contribution in [0.4, 0.5) is 5.82 Å². The van der Waals surface area contributed by atoms with Crippen molar-refractivity contribution in [3.05, 3.63) is 23.9 Å². The number of likely N-dealkylation sites (N-methyl/N-ethyl adjacent to an activating group) is 1. The predicted octanol–water partition coefficient (Wildman–Crippen LogP) is 1.57. The summed E-state index contributed by atoms with van der Waals surface area (Å²) >= 11 is 0. The van der Waals surface area contributed by atoms with Crippen LogP contribution in [0.3, 0.4) is 0 Å². The minimum atomic E-state index is 0.220. The maximum atomic E-state index is 8.84. The van der Waals surface area contributed by atoms with Gasteiger partial charge in [0.05, 0.1) is 23.8 Å². The monoisotopic (exact) mass is 217 g/mol. The molecule has 0 aliphatic carbocycles. The normalized spacial score (nSPS) is 24.1. The van der Waals surface area contributed by atoms with Crippen LogP contribution in [0.2, 0.25) is 0 Å². The zero-order chi connectivity index (χ0) is 11.5. The van der Waals surface area contributed by atoms with Gasteiger partial charge in [-0.1, -0.05) is 0 Å². The van der Waals surface area contributed by atoms with E-state index in [1.165, 1.54) is 0 Å². The molecular weight excluding hydrogens is 202 g/mol. The van der Waals surface area contributed by atoms with Gasteiger partial charge >= 0.3 is 0 Å². The molecule has 1 aromatic rings. The van der Waals surface area contributed by atoms with Crippen molar-refractivity contribution < 1.29 is 4.74 Å². The number of anilines is 1. The molecule has 84 valence electrons. The summed E-state index contributed by atoms with van der Waals surface area (Å²) in [5, 5.41) is 8.84. The number of hydrogen-bond acceptors (Lipinski definition) is 4. The quantitative estimate of drug-likeness (QED) is 0.754. The first-order valence-electron chi connectivity index (χ1n) is 5.43. The number of pyridine rings is 1. The Bertz CT molecular complexity index is 413. The minimum Gasteiger partial charge on any atom is -0.376 e. The van der Waals surface area contributed by atoms with Gasteiger partial charge in [0.2, 0.25) is 0 Å². The molecule has 2 heterocycles. The van der Waals surface area contributed by atoms with Crippen LogP contribution in [-0.2, 0) is 4.74 Å². The van der Waals surface area contributed by atoms with Crippen LogP contribution in [-0.4, -0.2) is 30.8 Å². The lowest BCUT2D eigenvalue weighted by molar-refractivity contribution is 0.118. The summed E-state index contributed by atoms with van der Waals surface area (Å²) in [4.78, 5) is 6.38. The van der Waals surface area contributed by atoms with Crippen LogP contribution < -0.4 is 4.90 Å². The third-order valence-corrected chi connectivity index (χ3v) is 3.07. The Labute approximate surface area is 95.5 Å². The van der Waals surface area contributed by atoms with E-state index in [1.807, 2.05) is 13.1 Å². The van der Waals surface area contributed by atoms with Crippen LogP contribution in [0.5, 0.6) is 0 Å². The highest BCUT2D eigenvalue weighted by atomic mass is 16.5. The molecule has 0 radical (unpaired) electrons. The molecule has 2 rings (SSSR count). The molecule has 1 aromatic heterocycles. The molecule has 1 fully saturated rings. The molecule has 0 spiro atoms. The number of hydrogen-bond donors (Lipinski definition) is 0. The van der Waals surface area contributed by atoms with Crippen molar-refractivity contribution in [2.24, 2.45) is 0 Å². The topological polar surface area (TPSA) is 49.1 Å². The van der Waals surface area contributed by atoms with E-state index < -0.39 is 0 Å². The molecule has 4 nitrogen and oxygen atoms in total. The maximum absolute atomic E-state index is 8.84. The van der Waals surface area contributed by atoms with Crippen molar-refractivity contribution in [3.63, 3.8) is 0 Å². The van der Waals surface area contributed by atoms with Gasteiger partial charge in [-0.05, 0) is 25.5 Å². The van der Waals surface area contributed by atoms with Gasteiger partial charge < -0.3 is 9.64 Å². The molecule has 1 saturated heterocycles. The molecule has 0 saturated carbocycles. The second kappa shape index (κ2) is 4.50. The average Bonchev–Trinajstić information content (AvgIpc) is 2.74. The van der Waals surface area contributed by atoms with E-state index >= 15 is 0 Å². The molecule has 0 aromatic carbocycles. The van der Waals surface area contributed by atoms with Gasteiger partial charge in [0, 0.05) is 19.9 Å². The Hall–Kier alpha value is -1.60. The lowest BCUT2D eigenvalue weighted by atomic mass is 10.1. The Morgan fingerprint density at radius 3 is 3.06 bits per heavy atom. The van der Waals surface area contributed by atoms with E-state index in [1.54, 1.807) is 12.3 Å². The summed E-state index contributed by atoms with van der Waals surface area (Å²) in [5.74, 6) is 0.835. The molecule has 16 heavy (non-hydrogen) atoms. The fourth-order valence-corrected chi connectivity index (χ4v) is 2.08. The van der Waals surface area contributed by atoms with Gasteiger partial charge in [0.15, 0.2) is 0 Å². The molecule has 0 bridgehead atoms. The highest BCUT2D eigenvalue weighted by molar-refractivity contribution is 5.45.